The van der Waals surface area contributed by atoms with Gasteiger partial charge in [-0.1, -0.05) is 71.9 Å². The van der Waals surface area contributed by atoms with Crippen molar-refractivity contribution in [1.82, 2.24) is 24.9 Å². The lowest BCUT2D eigenvalue weighted by atomic mass is 10.1. The van der Waals surface area contributed by atoms with E-state index < -0.39 is 0 Å². The van der Waals surface area contributed by atoms with E-state index in [1.54, 1.807) is 0 Å². The van der Waals surface area contributed by atoms with Crippen LogP contribution in [0.4, 0.5) is 17.6 Å². The molecule has 3 aromatic carbocycles. The molecule has 0 fully saturated rings. The normalized spacial score (nSPS) is 10.9. The van der Waals surface area contributed by atoms with Crippen molar-refractivity contribution in [2.24, 2.45) is 0 Å². The summed E-state index contributed by atoms with van der Waals surface area (Å²) < 4.78 is 0. The minimum atomic E-state index is 0.151. The minimum Gasteiger partial charge on any atom is -0.368 e. The van der Waals surface area contributed by atoms with Gasteiger partial charge in [-0.05, 0) is 30.3 Å². The second-order valence-electron chi connectivity index (χ2n) is 7.10. The van der Waals surface area contributed by atoms with E-state index >= 15 is 0 Å². The quantitative estimate of drug-likeness (QED) is 0.238. The van der Waals surface area contributed by atoms with E-state index in [-0.39, 0.29) is 5.95 Å². The molecular formula is C24H18ClN7S. The monoisotopic (exact) mass is 471 g/mol. The van der Waals surface area contributed by atoms with Crippen molar-refractivity contribution < 1.29 is 0 Å². The highest BCUT2D eigenvalue weighted by atomic mass is 35.5. The highest BCUT2D eigenvalue weighted by molar-refractivity contribution is 7.98. The van der Waals surface area contributed by atoms with E-state index in [9.17, 15) is 0 Å². The van der Waals surface area contributed by atoms with Crippen molar-refractivity contribution in [3.05, 3.63) is 89.7 Å². The summed E-state index contributed by atoms with van der Waals surface area (Å²) in [6.45, 7) is 0. The molecule has 0 aliphatic rings. The Morgan fingerprint density at radius 1 is 0.818 bits per heavy atom. The number of hydrogen-bond donors (Lipinski definition) is 2. The molecule has 5 aromatic rings. The molecule has 0 saturated heterocycles. The summed E-state index contributed by atoms with van der Waals surface area (Å²) in [6, 6.07) is 25.2. The molecule has 0 saturated carbocycles. The van der Waals surface area contributed by atoms with Gasteiger partial charge in [0, 0.05) is 21.7 Å². The average molecular weight is 472 g/mol. The number of anilines is 3. The van der Waals surface area contributed by atoms with Gasteiger partial charge >= 0.3 is 0 Å². The summed E-state index contributed by atoms with van der Waals surface area (Å²) in [5.41, 5.74) is 9.42. The SMILES string of the molecule is Nc1nc(CSc2nc(-c3ccccc3)c3cc(Cl)ccc3n2)nc(Nc2ccccc2)n1. The predicted molar refractivity (Wildman–Crippen MR) is 134 cm³/mol. The van der Waals surface area contributed by atoms with Gasteiger partial charge in [0.2, 0.25) is 11.9 Å². The summed E-state index contributed by atoms with van der Waals surface area (Å²) in [4.78, 5) is 22.5. The summed E-state index contributed by atoms with van der Waals surface area (Å²) in [6.07, 6.45) is 0. The van der Waals surface area contributed by atoms with Crippen molar-refractivity contribution in [2.45, 2.75) is 10.9 Å². The molecule has 7 nitrogen and oxygen atoms in total. The van der Waals surface area contributed by atoms with Gasteiger partial charge in [-0.2, -0.15) is 15.0 Å². The number of nitrogens with zero attached hydrogens (tertiary/aromatic N) is 5. The van der Waals surface area contributed by atoms with Crippen molar-refractivity contribution in [3.63, 3.8) is 0 Å². The number of nitrogens with two attached hydrogens (primary N) is 1. The van der Waals surface area contributed by atoms with Crippen LogP contribution in [0.25, 0.3) is 22.2 Å². The van der Waals surface area contributed by atoms with Gasteiger partial charge in [-0.3, -0.25) is 0 Å². The lowest BCUT2D eigenvalue weighted by Crippen LogP contribution is -2.06. The predicted octanol–water partition coefficient (Wildman–Crippen LogP) is 5.75. The van der Waals surface area contributed by atoms with Crippen molar-refractivity contribution in [2.75, 3.05) is 11.1 Å². The third kappa shape index (κ3) is 5.02. The van der Waals surface area contributed by atoms with E-state index in [4.69, 9.17) is 27.3 Å². The maximum Gasteiger partial charge on any atom is 0.232 e. The topological polar surface area (TPSA) is 102 Å². The molecule has 3 N–H and O–H groups in total. The Kier molecular flexibility index (Phi) is 6.01. The first-order chi connectivity index (χ1) is 16.1. The summed E-state index contributed by atoms with van der Waals surface area (Å²) in [7, 11) is 0. The Bertz CT molecular complexity index is 1420. The van der Waals surface area contributed by atoms with Crippen LogP contribution in [0.3, 0.4) is 0 Å². The van der Waals surface area contributed by atoms with Crippen LogP contribution in [0, 0.1) is 0 Å². The molecule has 0 bridgehead atoms. The first-order valence-corrected chi connectivity index (χ1v) is 11.5. The van der Waals surface area contributed by atoms with E-state index in [1.165, 1.54) is 11.8 Å². The van der Waals surface area contributed by atoms with Crippen LogP contribution in [-0.4, -0.2) is 24.9 Å². The summed E-state index contributed by atoms with van der Waals surface area (Å²) in [5, 5.41) is 5.30. The van der Waals surface area contributed by atoms with E-state index in [0.29, 0.717) is 27.7 Å². The van der Waals surface area contributed by atoms with Crippen LogP contribution in [0.1, 0.15) is 5.82 Å². The maximum absolute atomic E-state index is 6.25. The Labute approximate surface area is 199 Å². The molecule has 2 aromatic heterocycles. The molecular weight excluding hydrogens is 454 g/mol. The number of benzene rings is 3. The second kappa shape index (κ2) is 9.40. The lowest BCUT2D eigenvalue weighted by molar-refractivity contribution is 0.967. The van der Waals surface area contributed by atoms with Gasteiger partial charge in [-0.15, -0.1) is 0 Å². The molecule has 33 heavy (non-hydrogen) atoms. The van der Waals surface area contributed by atoms with Crippen LogP contribution < -0.4 is 11.1 Å². The number of para-hydroxylation sites is 1. The van der Waals surface area contributed by atoms with E-state index in [0.717, 1.165) is 27.8 Å². The summed E-state index contributed by atoms with van der Waals surface area (Å²) >= 11 is 7.68. The second-order valence-corrected chi connectivity index (χ2v) is 8.47. The highest BCUT2D eigenvalue weighted by Gasteiger charge is 2.13. The average Bonchev–Trinajstić information content (AvgIpc) is 2.83. The molecule has 0 radical (unpaired) electrons. The van der Waals surface area contributed by atoms with Crippen LogP contribution in [0.15, 0.2) is 84.0 Å². The number of halogens is 1. The van der Waals surface area contributed by atoms with Crippen molar-refractivity contribution >= 4 is 51.8 Å². The van der Waals surface area contributed by atoms with E-state index in [1.807, 2.05) is 78.9 Å². The van der Waals surface area contributed by atoms with E-state index in [2.05, 4.69) is 20.3 Å². The molecule has 2 heterocycles. The van der Waals surface area contributed by atoms with Gasteiger partial charge in [0.25, 0.3) is 0 Å². The first-order valence-electron chi connectivity index (χ1n) is 10.1. The number of nitrogens with one attached hydrogen (secondary N) is 1. The molecule has 9 heteroatoms. The van der Waals surface area contributed by atoms with Crippen molar-refractivity contribution in [1.29, 1.82) is 0 Å². The number of thioether (sulfide) groups is 1. The molecule has 162 valence electrons. The zero-order valence-electron chi connectivity index (χ0n) is 17.3. The lowest BCUT2D eigenvalue weighted by Gasteiger charge is -2.10. The van der Waals surface area contributed by atoms with Gasteiger partial charge in [-0.25, -0.2) is 9.97 Å². The Morgan fingerprint density at radius 2 is 1.58 bits per heavy atom. The van der Waals surface area contributed by atoms with Crippen LogP contribution in [-0.2, 0) is 5.75 Å². The third-order valence-corrected chi connectivity index (χ3v) is 5.82. The number of nitrogen functional groups attached to an aromatic ring is 1. The fraction of sp³-hybridized carbons (Fsp3) is 0.0417. The molecule has 0 atom stereocenters. The minimum absolute atomic E-state index is 0.151. The molecule has 0 unspecified atom stereocenters. The molecule has 0 amide bonds. The van der Waals surface area contributed by atoms with Crippen LogP contribution in [0.5, 0.6) is 0 Å². The zero-order chi connectivity index (χ0) is 22.6. The fourth-order valence-corrected chi connectivity index (χ4v) is 4.18. The Morgan fingerprint density at radius 3 is 2.36 bits per heavy atom. The van der Waals surface area contributed by atoms with Gasteiger partial charge < -0.3 is 11.1 Å². The van der Waals surface area contributed by atoms with Gasteiger partial charge in [0.05, 0.1) is 17.0 Å². The van der Waals surface area contributed by atoms with Crippen molar-refractivity contribution in [3.8, 4) is 11.3 Å². The molecule has 0 spiro atoms. The smallest absolute Gasteiger partial charge is 0.232 e. The number of fused-ring (bicyclic) bond motifs is 1. The zero-order valence-corrected chi connectivity index (χ0v) is 18.9. The molecule has 5 rings (SSSR count). The standard InChI is InChI=1S/C24H18ClN7S/c25-16-11-12-19-18(13-16)21(15-7-3-1-4-8-15)31-24(28-19)33-14-20-29-22(26)32-23(30-20)27-17-9-5-2-6-10-17/h1-13H,14H2,(H3,26,27,29,30,32). The Hall–Kier alpha value is -3.75. The fourth-order valence-electron chi connectivity index (χ4n) is 3.30. The van der Waals surface area contributed by atoms with Gasteiger partial charge in [0.1, 0.15) is 5.82 Å². The van der Waals surface area contributed by atoms with Crippen LogP contribution >= 0.6 is 23.4 Å². The Balaban J connectivity index is 1.44. The van der Waals surface area contributed by atoms with Gasteiger partial charge in [0.15, 0.2) is 5.16 Å². The first kappa shape index (κ1) is 21.1. The number of hydrogen-bond acceptors (Lipinski definition) is 8. The summed E-state index contributed by atoms with van der Waals surface area (Å²) in [5.74, 6) is 1.51. The van der Waals surface area contributed by atoms with Crippen LogP contribution in [0.2, 0.25) is 5.02 Å². The maximum atomic E-state index is 6.25. The largest absolute Gasteiger partial charge is 0.368 e. The molecule has 0 aliphatic carbocycles. The number of aromatic nitrogens is 5. The third-order valence-electron chi connectivity index (χ3n) is 4.74. The molecule has 0 aliphatic heterocycles. The number of rotatable bonds is 6. The highest BCUT2D eigenvalue weighted by Crippen LogP contribution is 2.31.